The summed E-state index contributed by atoms with van der Waals surface area (Å²) in [6.45, 7) is 5.76. The number of aliphatic carboxylic acids is 1. The van der Waals surface area contributed by atoms with Crippen molar-refractivity contribution in [3.05, 3.63) is 0 Å². The van der Waals surface area contributed by atoms with Gasteiger partial charge in [-0.1, -0.05) is 13.8 Å². The smallest absolute Gasteiger partial charge is 0.305 e. The summed E-state index contributed by atoms with van der Waals surface area (Å²) >= 11 is 1.88. The lowest BCUT2D eigenvalue weighted by Crippen LogP contribution is -2.55. The minimum absolute atomic E-state index is 0.0841. The van der Waals surface area contributed by atoms with Crippen LogP contribution in [0.2, 0.25) is 0 Å². The molecule has 1 aliphatic heterocycles. The first-order chi connectivity index (χ1) is 10.2. The number of nitrogens with one attached hydrogen (secondary N) is 2. The van der Waals surface area contributed by atoms with Gasteiger partial charge in [0.25, 0.3) is 0 Å². The van der Waals surface area contributed by atoms with Gasteiger partial charge >= 0.3 is 5.97 Å². The molecule has 2 unspecified atom stereocenters. The second-order valence-electron chi connectivity index (χ2n) is 5.96. The molecule has 1 aliphatic rings. The van der Waals surface area contributed by atoms with E-state index in [0.717, 1.165) is 11.5 Å². The maximum atomic E-state index is 12.2. The topological polar surface area (TPSA) is 122 Å². The minimum Gasteiger partial charge on any atom is -0.481 e. The summed E-state index contributed by atoms with van der Waals surface area (Å²) in [5.74, 6) is 0.683. The van der Waals surface area contributed by atoms with Crippen molar-refractivity contribution >= 4 is 29.5 Å². The Bertz CT molecular complexity index is 422. The number of carbonyl (C=O) groups is 3. The average molecular weight is 331 g/mol. The van der Waals surface area contributed by atoms with Crippen molar-refractivity contribution in [2.45, 2.75) is 45.3 Å². The number of thioether (sulfide) groups is 1. The Labute approximate surface area is 134 Å². The van der Waals surface area contributed by atoms with E-state index in [1.165, 1.54) is 0 Å². The highest BCUT2D eigenvalue weighted by molar-refractivity contribution is 7.99. The van der Waals surface area contributed by atoms with Gasteiger partial charge in [0.15, 0.2) is 0 Å². The van der Waals surface area contributed by atoms with E-state index in [4.69, 9.17) is 10.8 Å². The maximum absolute atomic E-state index is 12.2. The molecule has 5 N–H and O–H groups in total. The van der Waals surface area contributed by atoms with Crippen LogP contribution in [0.3, 0.4) is 0 Å². The van der Waals surface area contributed by atoms with Gasteiger partial charge in [0.05, 0.1) is 12.5 Å². The van der Waals surface area contributed by atoms with Crippen LogP contribution in [0.25, 0.3) is 0 Å². The van der Waals surface area contributed by atoms with Crippen molar-refractivity contribution in [1.29, 1.82) is 0 Å². The summed E-state index contributed by atoms with van der Waals surface area (Å²) in [6, 6.07) is -1.82. The summed E-state index contributed by atoms with van der Waals surface area (Å²) in [5.41, 5.74) is 5.47. The van der Waals surface area contributed by atoms with Gasteiger partial charge in [0.2, 0.25) is 11.8 Å². The lowest BCUT2D eigenvalue weighted by atomic mass is 9.92. The van der Waals surface area contributed by atoms with E-state index in [9.17, 15) is 14.4 Å². The van der Waals surface area contributed by atoms with E-state index in [1.54, 1.807) is 6.92 Å². The molecule has 1 saturated heterocycles. The predicted octanol–water partition coefficient (Wildman–Crippen LogP) is -0.203. The van der Waals surface area contributed by atoms with Crippen LogP contribution in [0, 0.1) is 11.8 Å². The highest BCUT2D eigenvalue weighted by Crippen LogP contribution is 2.27. The third-order valence-electron chi connectivity index (χ3n) is 3.78. The number of carboxylic acids is 1. The van der Waals surface area contributed by atoms with Gasteiger partial charge in [-0.25, -0.2) is 0 Å². The van der Waals surface area contributed by atoms with Crippen molar-refractivity contribution in [2.24, 2.45) is 17.6 Å². The van der Waals surface area contributed by atoms with Crippen LogP contribution >= 0.6 is 11.8 Å². The number of rotatable bonds is 6. The number of hydrogen-bond donors (Lipinski definition) is 4. The third-order valence-corrected chi connectivity index (χ3v) is 5.30. The second kappa shape index (κ2) is 8.38. The minimum atomic E-state index is -1.16. The van der Waals surface area contributed by atoms with Gasteiger partial charge in [-0.2, -0.15) is 11.8 Å². The molecule has 0 aliphatic carbocycles. The molecular weight excluding hydrogens is 306 g/mol. The predicted molar refractivity (Wildman–Crippen MR) is 85.4 cm³/mol. The molecule has 0 aromatic carbocycles. The summed E-state index contributed by atoms with van der Waals surface area (Å²) in [5, 5.41) is 14.0. The lowest BCUT2D eigenvalue weighted by molar-refractivity contribution is -0.139. The number of amides is 2. The second-order valence-corrected chi connectivity index (χ2v) is 7.04. The maximum Gasteiger partial charge on any atom is 0.305 e. The van der Waals surface area contributed by atoms with Crippen LogP contribution in [0.4, 0.5) is 0 Å². The molecule has 0 radical (unpaired) electrons. The molecule has 2 amide bonds. The van der Waals surface area contributed by atoms with Gasteiger partial charge in [-0.3, -0.25) is 14.4 Å². The molecular formula is C14H25N3O4S. The lowest BCUT2D eigenvalue weighted by Gasteiger charge is -2.35. The van der Waals surface area contributed by atoms with Gasteiger partial charge in [0.1, 0.15) is 6.04 Å². The Hall–Kier alpha value is -1.28. The normalized spacial score (nSPS) is 27.5. The van der Waals surface area contributed by atoms with Crippen molar-refractivity contribution in [3.63, 3.8) is 0 Å². The highest BCUT2D eigenvalue weighted by atomic mass is 32.2. The van der Waals surface area contributed by atoms with Gasteiger partial charge < -0.3 is 21.5 Å². The molecule has 22 heavy (non-hydrogen) atoms. The van der Waals surface area contributed by atoms with Crippen molar-refractivity contribution < 1.29 is 19.5 Å². The molecule has 0 bridgehead atoms. The van der Waals surface area contributed by atoms with Gasteiger partial charge in [-0.05, 0) is 30.3 Å². The fraction of sp³-hybridized carbons (Fsp3) is 0.786. The summed E-state index contributed by atoms with van der Waals surface area (Å²) in [6.07, 6.45) is -0.464. The van der Waals surface area contributed by atoms with E-state index in [0.29, 0.717) is 11.8 Å². The molecule has 126 valence electrons. The third kappa shape index (κ3) is 5.49. The number of carbonyl (C=O) groups excluding carboxylic acids is 2. The van der Waals surface area contributed by atoms with Crippen molar-refractivity contribution in [3.8, 4) is 0 Å². The largest absolute Gasteiger partial charge is 0.481 e. The molecule has 1 fully saturated rings. The van der Waals surface area contributed by atoms with E-state index in [-0.39, 0.29) is 11.9 Å². The quantitative estimate of drug-likeness (QED) is 0.535. The van der Waals surface area contributed by atoms with Crippen LogP contribution in [0.1, 0.15) is 27.2 Å². The van der Waals surface area contributed by atoms with Crippen LogP contribution < -0.4 is 16.4 Å². The van der Waals surface area contributed by atoms with Crippen molar-refractivity contribution in [2.75, 3.05) is 11.5 Å². The number of nitrogens with two attached hydrogens (primary N) is 1. The Kier molecular flexibility index (Phi) is 7.15. The van der Waals surface area contributed by atoms with E-state index in [2.05, 4.69) is 24.5 Å². The number of carboxylic acid groups (broad SMARTS) is 1. The Balaban J connectivity index is 2.50. The molecule has 4 atom stereocenters. The molecule has 1 heterocycles. The van der Waals surface area contributed by atoms with E-state index in [1.807, 2.05) is 11.8 Å². The zero-order chi connectivity index (χ0) is 16.9. The Morgan fingerprint density at radius 2 is 1.77 bits per heavy atom. The molecule has 0 spiro atoms. The summed E-state index contributed by atoms with van der Waals surface area (Å²) in [4.78, 5) is 34.5. The summed E-state index contributed by atoms with van der Waals surface area (Å²) < 4.78 is 0. The van der Waals surface area contributed by atoms with Gasteiger partial charge in [0, 0.05) is 6.04 Å². The van der Waals surface area contributed by atoms with Crippen LogP contribution in [-0.2, 0) is 14.4 Å². The van der Waals surface area contributed by atoms with E-state index >= 15 is 0 Å². The molecule has 0 saturated carbocycles. The standard InChI is InChI=1S/C14H25N3O4S/c1-7-5-22-6-8(2)12(7)17-13(20)9(3)16-14(21)10(15)4-11(18)19/h7-10,12H,4-6,15H2,1-3H3,(H,16,21)(H,17,20)(H,18,19)/t7?,8?,9-,10+,12?/m1/s1. The fourth-order valence-electron chi connectivity index (χ4n) is 2.45. The zero-order valence-corrected chi connectivity index (χ0v) is 14.0. The Morgan fingerprint density at radius 1 is 1.23 bits per heavy atom. The molecule has 1 rings (SSSR count). The fourth-order valence-corrected chi connectivity index (χ4v) is 3.74. The zero-order valence-electron chi connectivity index (χ0n) is 13.2. The van der Waals surface area contributed by atoms with Crippen LogP contribution in [-0.4, -0.2) is 52.5 Å². The van der Waals surface area contributed by atoms with Crippen LogP contribution in [0.5, 0.6) is 0 Å². The first-order valence-electron chi connectivity index (χ1n) is 7.38. The average Bonchev–Trinajstić information content (AvgIpc) is 2.41. The van der Waals surface area contributed by atoms with Crippen molar-refractivity contribution in [1.82, 2.24) is 10.6 Å². The molecule has 0 aromatic heterocycles. The van der Waals surface area contributed by atoms with E-state index < -0.39 is 30.4 Å². The first kappa shape index (κ1) is 18.8. The van der Waals surface area contributed by atoms with Gasteiger partial charge in [-0.15, -0.1) is 0 Å². The monoisotopic (exact) mass is 331 g/mol. The molecule has 7 nitrogen and oxygen atoms in total. The highest BCUT2D eigenvalue weighted by Gasteiger charge is 2.31. The SMILES string of the molecule is CC1CSCC(C)C1NC(=O)[C@@H](C)NC(=O)[C@@H](N)CC(=O)O. The summed E-state index contributed by atoms with van der Waals surface area (Å²) in [7, 11) is 0. The number of hydrogen-bond acceptors (Lipinski definition) is 5. The van der Waals surface area contributed by atoms with Crippen LogP contribution in [0.15, 0.2) is 0 Å². The Morgan fingerprint density at radius 3 is 2.27 bits per heavy atom. The first-order valence-corrected chi connectivity index (χ1v) is 8.53. The molecule has 8 heteroatoms. The molecule has 0 aromatic rings.